The highest BCUT2D eigenvalue weighted by atomic mass is 19.1. The molecule has 0 amide bonds. The van der Waals surface area contributed by atoms with E-state index in [4.69, 9.17) is 15.2 Å². The molecular formula is C16H15F2NO2. The van der Waals surface area contributed by atoms with Crippen molar-refractivity contribution in [3.8, 4) is 11.5 Å². The van der Waals surface area contributed by atoms with Gasteiger partial charge in [-0.25, -0.2) is 8.78 Å². The van der Waals surface area contributed by atoms with Crippen molar-refractivity contribution in [2.75, 3.05) is 6.61 Å². The first-order valence-corrected chi connectivity index (χ1v) is 6.66. The van der Waals surface area contributed by atoms with Crippen LogP contribution in [-0.2, 0) is 0 Å². The van der Waals surface area contributed by atoms with E-state index in [9.17, 15) is 8.78 Å². The van der Waals surface area contributed by atoms with Crippen LogP contribution in [0.25, 0.3) is 0 Å². The number of ether oxygens (including phenoxy) is 2. The van der Waals surface area contributed by atoms with Crippen molar-refractivity contribution in [1.82, 2.24) is 0 Å². The average Bonchev–Trinajstić information content (AvgIpc) is 2.51. The van der Waals surface area contributed by atoms with Gasteiger partial charge in [-0.3, -0.25) is 0 Å². The average molecular weight is 291 g/mol. The molecular weight excluding hydrogens is 276 g/mol. The van der Waals surface area contributed by atoms with Crippen molar-refractivity contribution in [2.24, 2.45) is 5.73 Å². The van der Waals surface area contributed by atoms with E-state index >= 15 is 0 Å². The molecule has 0 aliphatic carbocycles. The molecule has 0 aromatic heterocycles. The highest BCUT2D eigenvalue weighted by Gasteiger charge is 2.31. The summed E-state index contributed by atoms with van der Waals surface area (Å²) in [5.41, 5.74) is 6.19. The lowest BCUT2D eigenvalue weighted by molar-refractivity contribution is 0.0703. The minimum absolute atomic E-state index is 0.144. The van der Waals surface area contributed by atoms with E-state index in [-0.39, 0.29) is 12.2 Å². The van der Waals surface area contributed by atoms with Crippen LogP contribution >= 0.6 is 0 Å². The van der Waals surface area contributed by atoms with Gasteiger partial charge in [-0.15, -0.1) is 0 Å². The van der Waals surface area contributed by atoms with Crippen molar-refractivity contribution < 1.29 is 18.3 Å². The number of hydrogen-bond acceptors (Lipinski definition) is 3. The second-order valence-corrected chi connectivity index (χ2v) is 5.03. The Morgan fingerprint density at radius 2 is 1.86 bits per heavy atom. The lowest BCUT2D eigenvalue weighted by atomic mass is 9.98. The molecule has 2 N–H and O–H groups in total. The molecule has 2 atom stereocenters. The number of hydrogen-bond donors (Lipinski definition) is 1. The molecule has 3 nitrogen and oxygen atoms in total. The van der Waals surface area contributed by atoms with Crippen LogP contribution in [0.2, 0.25) is 0 Å². The van der Waals surface area contributed by atoms with E-state index in [1.165, 1.54) is 12.1 Å². The molecule has 1 aliphatic heterocycles. The van der Waals surface area contributed by atoms with Gasteiger partial charge in [-0.2, -0.15) is 0 Å². The Hall–Kier alpha value is -2.14. The van der Waals surface area contributed by atoms with Crippen molar-refractivity contribution in [3.63, 3.8) is 0 Å². The molecule has 0 spiro atoms. The van der Waals surface area contributed by atoms with E-state index in [1.54, 1.807) is 25.1 Å². The van der Waals surface area contributed by atoms with Crippen LogP contribution in [0.5, 0.6) is 11.5 Å². The zero-order valence-electron chi connectivity index (χ0n) is 11.5. The molecule has 110 valence electrons. The molecule has 0 fully saturated rings. The van der Waals surface area contributed by atoms with Gasteiger partial charge < -0.3 is 15.2 Å². The first-order valence-electron chi connectivity index (χ1n) is 6.66. The van der Waals surface area contributed by atoms with E-state index in [0.29, 0.717) is 17.1 Å². The van der Waals surface area contributed by atoms with Crippen LogP contribution < -0.4 is 15.2 Å². The highest BCUT2D eigenvalue weighted by Crippen LogP contribution is 2.34. The molecule has 0 radical (unpaired) electrons. The van der Waals surface area contributed by atoms with Crippen LogP contribution in [-0.4, -0.2) is 12.7 Å². The lowest BCUT2D eigenvalue weighted by Crippen LogP contribution is -2.39. The maximum absolute atomic E-state index is 14.1. The fourth-order valence-corrected chi connectivity index (χ4v) is 2.38. The quantitative estimate of drug-likeness (QED) is 0.924. The molecule has 2 aromatic carbocycles. The summed E-state index contributed by atoms with van der Waals surface area (Å²) in [5.74, 6) is -0.179. The number of halogens is 2. The Morgan fingerprint density at radius 1 is 1.14 bits per heavy atom. The highest BCUT2D eigenvalue weighted by molar-refractivity contribution is 5.41. The van der Waals surface area contributed by atoms with Gasteiger partial charge in [0.25, 0.3) is 0 Å². The molecule has 0 saturated heterocycles. The molecule has 0 saturated carbocycles. The number of fused-ring (bicyclic) bond motifs is 1. The Bertz CT molecular complexity index is 675. The van der Waals surface area contributed by atoms with Crippen LogP contribution in [0.1, 0.15) is 17.2 Å². The molecule has 1 aliphatic rings. The topological polar surface area (TPSA) is 44.5 Å². The molecule has 2 aromatic rings. The second-order valence-electron chi connectivity index (χ2n) is 5.03. The third kappa shape index (κ3) is 2.45. The molecule has 21 heavy (non-hydrogen) atoms. The summed E-state index contributed by atoms with van der Waals surface area (Å²) in [6.07, 6.45) is -0.648. The van der Waals surface area contributed by atoms with Gasteiger partial charge >= 0.3 is 0 Å². The van der Waals surface area contributed by atoms with Crippen LogP contribution in [0.3, 0.4) is 0 Å². The summed E-state index contributed by atoms with van der Waals surface area (Å²) >= 11 is 0. The maximum Gasteiger partial charge on any atom is 0.161 e. The Balaban J connectivity index is 1.91. The second kappa shape index (κ2) is 5.33. The summed E-state index contributed by atoms with van der Waals surface area (Å²) in [5, 5.41) is 0. The van der Waals surface area contributed by atoms with Gasteiger partial charge in [-0.1, -0.05) is 18.2 Å². The van der Waals surface area contributed by atoms with Gasteiger partial charge in [0.05, 0.1) is 6.04 Å². The number of para-hydroxylation sites is 2. The maximum atomic E-state index is 14.1. The standard InChI is InChI=1S/C16H15F2NO2/c1-9-6-7-10(17)14(15(9)18)16(19)13-8-20-11-4-2-3-5-12(11)21-13/h2-7,13,16H,8,19H2,1H3. The summed E-state index contributed by atoms with van der Waals surface area (Å²) < 4.78 is 39.3. The van der Waals surface area contributed by atoms with Crippen LogP contribution in [0.15, 0.2) is 36.4 Å². The normalized spacial score (nSPS) is 18.4. The summed E-state index contributed by atoms with van der Waals surface area (Å²) in [7, 11) is 0. The Kier molecular flexibility index (Phi) is 3.51. The third-order valence-electron chi connectivity index (χ3n) is 3.58. The fraction of sp³-hybridized carbons (Fsp3) is 0.250. The predicted octanol–water partition coefficient (Wildman–Crippen LogP) is 3.11. The van der Waals surface area contributed by atoms with Crippen LogP contribution in [0.4, 0.5) is 8.78 Å². The number of benzene rings is 2. The number of aryl methyl sites for hydroxylation is 1. The summed E-state index contributed by atoms with van der Waals surface area (Å²) in [6.45, 7) is 1.71. The molecule has 5 heteroatoms. The van der Waals surface area contributed by atoms with Crippen molar-refractivity contribution in [3.05, 3.63) is 59.2 Å². The van der Waals surface area contributed by atoms with Gasteiger partial charge in [-0.05, 0) is 30.7 Å². The minimum Gasteiger partial charge on any atom is -0.486 e. The predicted molar refractivity (Wildman–Crippen MR) is 74.4 cm³/mol. The first kappa shape index (κ1) is 13.8. The smallest absolute Gasteiger partial charge is 0.161 e. The monoisotopic (exact) mass is 291 g/mol. The van der Waals surface area contributed by atoms with E-state index < -0.39 is 23.8 Å². The fourth-order valence-electron chi connectivity index (χ4n) is 2.38. The third-order valence-corrected chi connectivity index (χ3v) is 3.58. The van der Waals surface area contributed by atoms with Crippen molar-refractivity contribution >= 4 is 0 Å². The van der Waals surface area contributed by atoms with Crippen molar-refractivity contribution in [2.45, 2.75) is 19.1 Å². The molecule has 3 rings (SSSR count). The van der Waals surface area contributed by atoms with E-state index in [1.807, 2.05) is 6.07 Å². The van der Waals surface area contributed by atoms with Gasteiger partial charge in [0.2, 0.25) is 0 Å². The SMILES string of the molecule is Cc1ccc(F)c(C(N)C2COc3ccccc3O2)c1F. The number of rotatable bonds is 2. The minimum atomic E-state index is -0.946. The van der Waals surface area contributed by atoms with E-state index in [0.717, 1.165) is 0 Å². The van der Waals surface area contributed by atoms with Crippen molar-refractivity contribution in [1.29, 1.82) is 0 Å². The van der Waals surface area contributed by atoms with Gasteiger partial charge in [0, 0.05) is 5.56 Å². The summed E-state index contributed by atoms with van der Waals surface area (Å²) in [4.78, 5) is 0. The molecule has 0 bridgehead atoms. The summed E-state index contributed by atoms with van der Waals surface area (Å²) in [6, 6.07) is 8.77. The zero-order valence-corrected chi connectivity index (χ0v) is 11.5. The van der Waals surface area contributed by atoms with Gasteiger partial charge in [0.15, 0.2) is 17.6 Å². The zero-order chi connectivity index (χ0) is 15.0. The molecule has 1 heterocycles. The Morgan fingerprint density at radius 3 is 2.62 bits per heavy atom. The first-order chi connectivity index (χ1) is 10.1. The van der Waals surface area contributed by atoms with E-state index in [2.05, 4.69) is 0 Å². The Labute approximate surface area is 121 Å². The lowest BCUT2D eigenvalue weighted by Gasteiger charge is -2.30. The molecule has 2 unspecified atom stereocenters. The number of nitrogens with two attached hydrogens (primary N) is 1. The largest absolute Gasteiger partial charge is 0.486 e. The van der Waals surface area contributed by atoms with Gasteiger partial charge in [0.1, 0.15) is 18.2 Å². The van der Waals surface area contributed by atoms with Crippen LogP contribution in [0, 0.1) is 18.6 Å².